The maximum Gasteiger partial charge on any atom is 0.301 e. The van der Waals surface area contributed by atoms with Gasteiger partial charge in [-0.25, -0.2) is 4.98 Å². The lowest BCUT2D eigenvalue weighted by atomic mass is 9.95. The van der Waals surface area contributed by atoms with Gasteiger partial charge in [-0.3, -0.25) is 14.5 Å². The average molecular weight is 509 g/mol. The molecule has 1 aliphatic heterocycles. The molecule has 4 aromatic rings. The third kappa shape index (κ3) is 3.68. The van der Waals surface area contributed by atoms with Crippen molar-refractivity contribution in [3.63, 3.8) is 0 Å². The Hall–Kier alpha value is -3.19. The summed E-state index contributed by atoms with van der Waals surface area (Å²) >= 11 is 13.7. The first-order chi connectivity index (χ1) is 16.3. The van der Waals surface area contributed by atoms with Crippen LogP contribution < -0.4 is 4.90 Å². The summed E-state index contributed by atoms with van der Waals surface area (Å²) in [5.41, 5.74) is 3.77. The summed E-state index contributed by atoms with van der Waals surface area (Å²) in [5, 5.41) is 12.1. The summed E-state index contributed by atoms with van der Waals surface area (Å²) in [7, 11) is 0. The second-order valence-electron chi connectivity index (χ2n) is 8.13. The van der Waals surface area contributed by atoms with E-state index in [4.69, 9.17) is 28.2 Å². The maximum absolute atomic E-state index is 13.4. The number of halogens is 2. The summed E-state index contributed by atoms with van der Waals surface area (Å²) in [6, 6.07) is 16.7. The van der Waals surface area contributed by atoms with Crippen molar-refractivity contribution in [1.82, 2.24) is 4.98 Å². The van der Waals surface area contributed by atoms with Gasteiger partial charge in [-0.1, -0.05) is 77.0 Å². The van der Waals surface area contributed by atoms with E-state index in [0.29, 0.717) is 21.3 Å². The molecule has 0 bridgehead atoms. The molecule has 5 rings (SSSR count). The van der Waals surface area contributed by atoms with Crippen molar-refractivity contribution in [2.45, 2.75) is 19.9 Å². The number of aromatic nitrogens is 1. The highest BCUT2D eigenvalue weighted by Gasteiger charge is 2.48. The Kier molecular flexibility index (Phi) is 5.68. The van der Waals surface area contributed by atoms with E-state index in [-0.39, 0.29) is 16.4 Å². The largest absolute Gasteiger partial charge is 0.507 e. The number of benzene rings is 3. The first-order valence-electron chi connectivity index (χ1n) is 10.5. The Morgan fingerprint density at radius 2 is 1.74 bits per heavy atom. The van der Waals surface area contributed by atoms with Crippen molar-refractivity contribution in [3.8, 4) is 0 Å². The fourth-order valence-electron chi connectivity index (χ4n) is 4.24. The summed E-state index contributed by atoms with van der Waals surface area (Å²) in [6.07, 6.45) is 0. The van der Waals surface area contributed by atoms with Crippen LogP contribution in [0.25, 0.3) is 16.0 Å². The zero-order chi connectivity index (χ0) is 24.1. The molecule has 0 saturated carbocycles. The number of amides is 1. The molecule has 0 aliphatic carbocycles. The fraction of sp³-hybridized carbons (Fsp3) is 0.115. The lowest BCUT2D eigenvalue weighted by Crippen LogP contribution is -2.29. The van der Waals surface area contributed by atoms with E-state index in [1.807, 2.05) is 26.0 Å². The van der Waals surface area contributed by atoms with Crippen LogP contribution in [0.15, 0.2) is 66.2 Å². The van der Waals surface area contributed by atoms with E-state index in [1.54, 1.807) is 48.5 Å². The normalized spacial score (nSPS) is 17.6. The molecule has 3 aromatic carbocycles. The van der Waals surface area contributed by atoms with Gasteiger partial charge in [0.05, 0.1) is 31.9 Å². The maximum atomic E-state index is 13.4. The minimum atomic E-state index is -0.920. The van der Waals surface area contributed by atoms with Crippen LogP contribution in [0.5, 0.6) is 0 Å². The average Bonchev–Trinajstić information content (AvgIpc) is 3.34. The van der Waals surface area contributed by atoms with Crippen LogP contribution in [0.3, 0.4) is 0 Å². The van der Waals surface area contributed by atoms with Gasteiger partial charge in [-0.2, -0.15) is 0 Å². The number of thiazole rings is 1. The third-order valence-corrected chi connectivity index (χ3v) is 7.52. The molecule has 170 valence electrons. The van der Waals surface area contributed by atoms with Gasteiger partial charge in [0.15, 0.2) is 5.13 Å². The molecule has 0 radical (unpaired) electrons. The molecular weight excluding hydrogens is 491 g/mol. The summed E-state index contributed by atoms with van der Waals surface area (Å²) < 4.78 is 0.908. The monoisotopic (exact) mass is 508 g/mol. The van der Waals surface area contributed by atoms with Gasteiger partial charge >= 0.3 is 5.91 Å². The number of aliphatic hydroxyl groups excluding tert-OH is 1. The number of aliphatic hydroxyl groups is 1. The van der Waals surface area contributed by atoms with Gasteiger partial charge < -0.3 is 5.11 Å². The minimum absolute atomic E-state index is 0.0262. The second kappa shape index (κ2) is 8.55. The number of ketones is 1. The Balaban J connectivity index is 1.76. The van der Waals surface area contributed by atoms with Crippen LogP contribution in [0.4, 0.5) is 5.13 Å². The van der Waals surface area contributed by atoms with Crippen LogP contribution in [0.1, 0.15) is 28.3 Å². The molecule has 2 heterocycles. The Labute approximate surface area is 209 Å². The van der Waals surface area contributed by atoms with Gasteiger partial charge in [-0.05, 0) is 48.7 Å². The zero-order valence-electron chi connectivity index (χ0n) is 18.2. The number of aryl methyl sites for hydroxylation is 2. The molecule has 8 heteroatoms. The first-order valence-corrected chi connectivity index (χ1v) is 12.0. The predicted molar refractivity (Wildman–Crippen MR) is 137 cm³/mol. The van der Waals surface area contributed by atoms with Crippen LogP contribution in [-0.4, -0.2) is 21.8 Å². The quantitative estimate of drug-likeness (QED) is 0.186. The van der Waals surface area contributed by atoms with Crippen molar-refractivity contribution < 1.29 is 14.7 Å². The third-order valence-electron chi connectivity index (χ3n) is 5.78. The summed E-state index contributed by atoms with van der Waals surface area (Å²) in [4.78, 5) is 32.7. The van der Waals surface area contributed by atoms with E-state index >= 15 is 0 Å². The highest BCUT2D eigenvalue weighted by Crippen LogP contribution is 2.45. The molecule has 1 aromatic heterocycles. The van der Waals surface area contributed by atoms with Crippen molar-refractivity contribution in [3.05, 3.63) is 98.5 Å². The van der Waals surface area contributed by atoms with E-state index in [2.05, 4.69) is 0 Å². The van der Waals surface area contributed by atoms with Crippen molar-refractivity contribution in [1.29, 1.82) is 0 Å². The Morgan fingerprint density at radius 1 is 1.00 bits per heavy atom. The molecular formula is C26H18Cl2N2O3S. The lowest BCUT2D eigenvalue weighted by Gasteiger charge is -2.23. The van der Waals surface area contributed by atoms with Gasteiger partial charge in [0.1, 0.15) is 5.76 Å². The number of hydrogen-bond acceptors (Lipinski definition) is 5. The molecule has 1 aliphatic rings. The number of nitrogens with zero attached hydrogens (tertiary/aromatic N) is 2. The summed E-state index contributed by atoms with van der Waals surface area (Å²) in [5.74, 6) is -1.81. The topological polar surface area (TPSA) is 70.5 Å². The van der Waals surface area contributed by atoms with E-state index < -0.39 is 17.7 Å². The number of fused-ring (bicyclic) bond motifs is 1. The molecule has 1 N–H and O–H groups in total. The van der Waals surface area contributed by atoms with Crippen molar-refractivity contribution in [2.75, 3.05) is 4.90 Å². The smallest absolute Gasteiger partial charge is 0.301 e. The first kappa shape index (κ1) is 22.6. The number of anilines is 1. The molecule has 1 fully saturated rings. The molecule has 5 nitrogen and oxygen atoms in total. The van der Waals surface area contributed by atoms with Crippen LogP contribution >= 0.6 is 34.5 Å². The highest BCUT2D eigenvalue weighted by molar-refractivity contribution is 7.22. The predicted octanol–water partition coefficient (Wildman–Crippen LogP) is 6.85. The van der Waals surface area contributed by atoms with Crippen molar-refractivity contribution >= 4 is 67.3 Å². The Bertz CT molecular complexity index is 1510. The molecule has 1 atom stereocenters. The van der Waals surface area contributed by atoms with Gasteiger partial charge in [0.2, 0.25) is 0 Å². The number of carbonyl (C=O) groups excluding carboxylic acids is 2. The fourth-order valence-corrected chi connectivity index (χ4v) is 5.72. The van der Waals surface area contributed by atoms with Gasteiger partial charge in [0.25, 0.3) is 5.78 Å². The standard InChI is InChI=1S/C26H18Cl2N2O3S/c1-13-10-14(2)21-19(11-13)34-26(29-21)30-22(16-8-9-17(27)18(28)12-16)20(24(32)25(30)33)23(31)15-6-4-3-5-7-15/h3-12,22,31H,1-2H3/b23-20+. The number of hydrogen-bond donors (Lipinski definition) is 1. The van der Waals surface area contributed by atoms with Gasteiger partial charge in [-0.15, -0.1) is 0 Å². The lowest BCUT2D eigenvalue weighted by molar-refractivity contribution is -0.132. The zero-order valence-corrected chi connectivity index (χ0v) is 20.5. The minimum Gasteiger partial charge on any atom is -0.507 e. The highest BCUT2D eigenvalue weighted by atomic mass is 35.5. The summed E-state index contributed by atoms with van der Waals surface area (Å²) in [6.45, 7) is 3.95. The van der Waals surface area contributed by atoms with E-state index in [9.17, 15) is 14.7 Å². The number of carbonyl (C=O) groups is 2. The van der Waals surface area contributed by atoms with Crippen molar-refractivity contribution in [2.24, 2.45) is 0 Å². The van der Waals surface area contributed by atoms with Gasteiger partial charge in [0, 0.05) is 5.56 Å². The van der Waals surface area contributed by atoms with Crippen LogP contribution in [-0.2, 0) is 9.59 Å². The molecule has 1 saturated heterocycles. The van der Waals surface area contributed by atoms with E-state index in [0.717, 1.165) is 21.3 Å². The molecule has 34 heavy (non-hydrogen) atoms. The molecule has 1 unspecified atom stereocenters. The van der Waals surface area contributed by atoms with Crippen LogP contribution in [0, 0.1) is 13.8 Å². The SMILES string of the molecule is Cc1cc(C)c2nc(N3C(=O)C(=O)/C(=C(/O)c4ccccc4)C3c3ccc(Cl)c(Cl)c3)sc2c1. The number of Topliss-reactive ketones (excluding diaryl/α,β-unsaturated/α-hetero) is 1. The molecule has 0 spiro atoms. The second-order valence-corrected chi connectivity index (χ2v) is 9.96. The Morgan fingerprint density at radius 3 is 2.44 bits per heavy atom. The molecule has 1 amide bonds. The number of rotatable bonds is 3. The van der Waals surface area contributed by atoms with Crippen LogP contribution in [0.2, 0.25) is 10.0 Å². The van der Waals surface area contributed by atoms with E-state index in [1.165, 1.54) is 16.2 Å².